The highest BCUT2D eigenvalue weighted by atomic mass is 16.2. The number of nitrogens with zero attached hydrogens (tertiary/aromatic N) is 2. The van der Waals surface area contributed by atoms with Crippen LogP contribution in [0.3, 0.4) is 0 Å². The van der Waals surface area contributed by atoms with Crippen molar-refractivity contribution in [2.75, 3.05) is 32.7 Å². The van der Waals surface area contributed by atoms with Crippen molar-refractivity contribution in [1.82, 2.24) is 15.1 Å². The number of nitrogens with one attached hydrogen (secondary N) is 1. The Morgan fingerprint density at radius 1 is 1.12 bits per heavy atom. The first kappa shape index (κ1) is 19.0. The van der Waals surface area contributed by atoms with E-state index in [0.29, 0.717) is 32.7 Å². The summed E-state index contributed by atoms with van der Waals surface area (Å²) in [6.07, 6.45) is 2.52. The number of piperazine rings is 1. The van der Waals surface area contributed by atoms with E-state index in [9.17, 15) is 14.4 Å². The first-order valence-electron chi connectivity index (χ1n) is 8.76. The number of rotatable bonds is 7. The zero-order chi connectivity index (χ0) is 18.3. The summed E-state index contributed by atoms with van der Waals surface area (Å²) < 4.78 is 0. The molecule has 0 aliphatic carbocycles. The molecule has 1 heterocycles. The van der Waals surface area contributed by atoms with E-state index >= 15 is 0 Å². The van der Waals surface area contributed by atoms with Gasteiger partial charge in [-0.25, -0.2) is 0 Å². The van der Waals surface area contributed by atoms with Crippen molar-refractivity contribution in [2.45, 2.75) is 26.7 Å². The average Bonchev–Trinajstić information content (AvgIpc) is 2.65. The molecule has 1 aromatic carbocycles. The maximum atomic E-state index is 12.7. The number of carbonyl (C=O) groups is 3. The molecule has 6 heteroatoms. The molecule has 0 aromatic heterocycles. The van der Waals surface area contributed by atoms with E-state index in [1.54, 1.807) is 23.6 Å². The van der Waals surface area contributed by atoms with Gasteiger partial charge >= 0.3 is 0 Å². The summed E-state index contributed by atoms with van der Waals surface area (Å²) in [6.45, 7) is 5.85. The van der Waals surface area contributed by atoms with Crippen molar-refractivity contribution in [3.05, 3.63) is 35.9 Å². The Morgan fingerprint density at radius 3 is 2.36 bits per heavy atom. The summed E-state index contributed by atoms with van der Waals surface area (Å²) in [7, 11) is 0. The van der Waals surface area contributed by atoms with Crippen LogP contribution in [0.25, 0.3) is 0 Å². The smallest absolute Gasteiger partial charge is 0.237 e. The molecule has 1 aromatic rings. The second-order valence-corrected chi connectivity index (χ2v) is 6.90. The summed E-state index contributed by atoms with van der Waals surface area (Å²) in [5, 5.41) is 2.88. The summed E-state index contributed by atoms with van der Waals surface area (Å²) in [5.41, 5.74) is 0.135. The number of aryl methyl sites for hydroxylation is 1. The summed E-state index contributed by atoms with van der Waals surface area (Å²) >= 11 is 0. The van der Waals surface area contributed by atoms with Crippen LogP contribution in [0.15, 0.2) is 30.3 Å². The molecule has 0 atom stereocenters. The Hall–Kier alpha value is -2.37. The van der Waals surface area contributed by atoms with Gasteiger partial charge in [0.25, 0.3) is 0 Å². The number of hydrogen-bond donors (Lipinski definition) is 1. The molecule has 1 aliphatic rings. The first-order valence-corrected chi connectivity index (χ1v) is 8.76. The summed E-state index contributed by atoms with van der Waals surface area (Å²) in [5.74, 6) is -0.429. The third kappa shape index (κ3) is 5.05. The van der Waals surface area contributed by atoms with E-state index in [2.05, 4.69) is 17.4 Å². The van der Waals surface area contributed by atoms with Gasteiger partial charge in [0.05, 0.1) is 0 Å². The van der Waals surface area contributed by atoms with Crippen LogP contribution in [0.5, 0.6) is 0 Å². The molecule has 0 unspecified atom stereocenters. The monoisotopic (exact) mass is 345 g/mol. The maximum absolute atomic E-state index is 12.7. The minimum atomic E-state index is -1.10. The van der Waals surface area contributed by atoms with E-state index in [4.69, 9.17) is 0 Å². The van der Waals surface area contributed by atoms with Gasteiger partial charge in [-0.1, -0.05) is 30.3 Å². The number of hydrogen-bond acceptors (Lipinski definition) is 3. The van der Waals surface area contributed by atoms with Crippen molar-refractivity contribution in [2.24, 2.45) is 5.41 Å². The van der Waals surface area contributed by atoms with Crippen molar-refractivity contribution >= 4 is 18.2 Å². The van der Waals surface area contributed by atoms with Gasteiger partial charge in [-0.3, -0.25) is 14.4 Å². The van der Waals surface area contributed by atoms with Crippen LogP contribution in [0.4, 0.5) is 0 Å². The fraction of sp³-hybridized carbons (Fsp3) is 0.526. The van der Waals surface area contributed by atoms with Gasteiger partial charge in [-0.15, -0.1) is 0 Å². The molecule has 2 rings (SSSR count). The van der Waals surface area contributed by atoms with Crippen LogP contribution in [0, 0.1) is 5.41 Å². The van der Waals surface area contributed by atoms with Crippen molar-refractivity contribution < 1.29 is 14.4 Å². The zero-order valence-electron chi connectivity index (χ0n) is 15.0. The van der Waals surface area contributed by atoms with Crippen LogP contribution in [0.1, 0.15) is 25.8 Å². The minimum Gasteiger partial charge on any atom is -0.355 e. The molecule has 6 nitrogen and oxygen atoms in total. The molecular weight excluding hydrogens is 318 g/mol. The lowest BCUT2D eigenvalue weighted by Gasteiger charge is -2.36. The zero-order valence-corrected chi connectivity index (χ0v) is 15.0. The van der Waals surface area contributed by atoms with E-state index < -0.39 is 5.41 Å². The molecule has 3 amide bonds. The van der Waals surface area contributed by atoms with Crippen LogP contribution >= 0.6 is 0 Å². The summed E-state index contributed by atoms with van der Waals surface area (Å²) in [6, 6.07) is 10.1. The van der Waals surface area contributed by atoms with Crippen LogP contribution in [-0.4, -0.2) is 60.7 Å². The van der Waals surface area contributed by atoms with Crippen LogP contribution in [-0.2, 0) is 20.8 Å². The Bertz CT molecular complexity index is 593. The molecule has 0 spiro atoms. The van der Waals surface area contributed by atoms with Gasteiger partial charge in [0, 0.05) is 32.7 Å². The molecule has 25 heavy (non-hydrogen) atoms. The predicted molar refractivity (Wildman–Crippen MR) is 95.8 cm³/mol. The van der Waals surface area contributed by atoms with Gasteiger partial charge in [-0.05, 0) is 32.3 Å². The first-order chi connectivity index (χ1) is 11.9. The lowest BCUT2D eigenvalue weighted by molar-refractivity contribution is -0.150. The fourth-order valence-electron chi connectivity index (χ4n) is 2.88. The SMILES string of the molecule is CC(C)(C(=O)NCCCc1ccccc1)C(=O)N1CCN(C=O)CC1. The molecule has 1 saturated heterocycles. The third-order valence-corrected chi connectivity index (χ3v) is 4.62. The number of benzene rings is 1. The Labute approximate surface area is 149 Å². The topological polar surface area (TPSA) is 69.7 Å². The molecule has 1 fully saturated rings. The van der Waals surface area contributed by atoms with Crippen molar-refractivity contribution in [1.29, 1.82) is 0 Å². The van der Waals surface area contributed by atoms with Crippen LogP contribution < -0.4 is 5.32 Å². The highest BCUT2D eigenvalue weighted by Crippen LogP contribution is 2.20. The molecule has 0 saturated carbocycles. The van der Waals surface area contributed by atoms with E-state index in [-0.39, 0.29) is 11.8 Å². The molecule has 1 N–H and O–H groups in total. The maximum Gasteiger partial charge on any atom is 0.237 e. The molecule has 0 radical (unpaired) electrons. The van der Waals surface area contributed by atoms with Crippen molar-refractivity contribution in [3.8, 4) is 0 Å². The van der Waals surface area contributed by atoms with E-state index in [1.165, 1.54) is 5.56 Å². The Morgan fingerprint density at radius 2 is 1.76 bits per heavy atom. The quantitative estimate of drug-likeness (QED) is 0.456. The second kappa shape index (κ2) is 8.65. The van der Waals surface area contributed by atoms with Crippen LogP contribution in [0.2, 0.25) is 0 Å². The molecule has 0 bridgehead atoms. The highest BCUT2D eigenvalue weighted by molar-refractivity contribution is 6.04. The minimum absolute atomic E-state index is 0.182. The van der Waals surface area contributed by atoms with Gasteiger partial charge in [-0.2, -0.15) is 0 Å². The normalized spacial score (nSPS) is 15.0. The van der Waals surface area contributed by atoms with Gasteiger partial charge < -0.3 is 15.1 Å². The van der Waals surface area contributed by atoms with Gasteiger partial charge in [0.1, 0.15) is 5.41 Å². The lowest BCUT2D eigenvalue weighted by atomic mass is 9.90. The standard InChI is InChI=1S/C19H27N3O3/c1-19(2,18(25)22-13-11-21(15-23)12-14-22)17(24)20-10-6-9-16-7-4-3-5-8-16/h3-5,7-8,15H,6,9-14H2,1-2H3,(H,20,24). The van der Waals surface area contributed by atoms with Gasteiger partial charge in [0.2, 0.25) is 18.2 Å². The van der Waals surface area contributed by atoms with Crippen molar-refractivity contribution in [3.63, 3.8) is 0 Å². The largest absolute Gasteiger partial charge is 0.355 e. The fourth-order valence-corrected chi connectivity index (χ4v) is 2.88. The third-order valence-electron chi connectivity index (χ3n) is 4.62. The predicted octanol–water partition coefficient (Wildman–Crippen LogP) is 1.06. The van der Waals surface area contributed by atoms with E-state index in [1.807, 2.05) is 18.2 Å². The van der Waals surface area contributed by atoms with E-state index in [0.717, 1.165) is 19.3 Å². The lowest BCUT2D eigenvalue weighted by Crippen LogP contribution is -2.55. The second-order valence-electron chi connectivity index (χ2n) is 6.90. The molecular formula is C19H27N3O3. The highest BCUT2D eigenvalue weighted by Gasteiger charge is 2.39. The average molecular weight is 345 g/mol. The van der Waals surface area contributed by atoms with Gasteiger partial charge in [0.15, 0.2) is 0 Å². The number of carbonyl (C=O) groups excluding carboxylic acids is 3. The number of amides is 3. The Balaban J connectivity index is 1.78. The molecule has 136 valence electrons. The Kier molecular flexibility index (Phi) is 6.56. The molecule has 1 aliphatic heterocycles. The summed E-state index contributed by atoms with van der Waals surface area (Å²) in [4.78, 5) is 39.2.